The number of aromatic carboxylic acids is 1. The maximum Gasteiger partial charge on any atom is 0.339 e. The Kier molecular flexibility index (Phi) is 4.97. The molecule has 0 saturated carbocycles. The maximum atomic E-state index is 13.0. The van der Waals surface area contributed by atoms with E-state index in [0.717, 1.165) is 11.1 Å². The molecule has 1 aliphatic heterocycles. The number of piperazine rings is 1. The van der Waals surface area contributed by atoms with Gasteiger partial charge in [0.1, 0.15) is 11.4 Å². The Labute approximate surface area is 152 Å². The van der Waals surface area contributed by atoms with E-state index in [9.17, 15) is 18.3 Å². The molecular formula is C18H21N3O4S. The summed E-state index contributed by atoms with van der Waals surface area (Å²) < 4.78 is 27.4. The third-order valence-corrected chi connectivity index (χ3v) is 6.56. The molecule has 1 aromatic carbocycles. The van der Waals surface area contributed by atoms with Crippen molar-refractivity contribution in [1.82, 2.24) is 9.29 Å². The summed E-state index contributed by atoms with van der Waals surface area (Å²) >= 11 is 0. The Morgan fingerprint density at radius 3 is 2.46 bits per heavy atom. The number of hydrogen-bond acceptors (Lipinski definition) is 5. The molecule has 0 aliphatic carbocycles. The largest absolute Gasteiger partial charge is 0.478 e. The number of anilines is 1. The van der Waals surface area contributed by atoms with E-state index in [2.05, 4.69) is 4.98 Å². The van der Waals surface area contributed by atoms with Crippen LogP contribution in [0.3, 0.4) is 0 Å². The molecule has 1 N–H and O–H groups in total. The Bertz CT molecular complexity index is 935. The molecule has 0 atom stereocenters. The molecule has 1 aliphatic rings. The van der Waals surface area contributed by atoms with Gasteiger partial charge in [-0.3, -0.25) is 0 Å². The number of carboxylic acids is 1. The lowest BCUT2D eigenvalue weighted by Gasteiger charge is -2.35. The van der Waals surface area contributed by atoms with Gasteiger partial charge in [-0.05, 0) is 43.2 Å². The van der Waals surface area contributed by atoms with E-state index in [0.29, 0.717) is 23.8 Å². The van der Waals surface area contributed by atoms with Crippen LogP contribution in [0.1, 0.15) is 21.5 Å². The minimum atomic E-state index is -3.58. The molecule has 8 heteroatoms. The summed E-state index contributed by atoms with van der Waals surface area (Å²) in [5.41, 5.74) is 1.74. The summed E-state index contributed by atoms with van der Waals surface area (Å²) in [7, 11) is -3.58. The zero-order valence-electron chi connectivity index (χ0n) is 14.7. The summed E-state index contributed by atoms with van der Waals surface area (Å²) in [5.74, 6) is -0.665. The fourth-order valence-electron chi connectivity index (χ4n) is 3.08. The summed E-state index contributed by atoms with van der Waals surface area (Å²) in [5, 5.41) is 9.31. The lowest BCUT2D eigenvalue weighted by atomic mass is 10.2. The molecule has 0 unspecified atom stereocenters. The number of aryl methyl sites for hydroxylation is 2. The molecule has 1 aromatic heterocycles. The van der Waals surface area contributed by atoms with Crippen LogP contribution in [-0.4, -0.2) is 55.0 Å². The number of carboxylic acid groups (broad SMARTS) is 1. The van der Waals surface area contributed by atoms with Crippen LogP contribution < -0.4 is 4.90 Å². The van der Waals surface area contributed by atoms with E-state index in [1.807, 2.05) is 24.0 Å². The third-order valence-electron chi connectivity index (χ3n) is 4.52. The summed E-state index contributed by atoms with van der Waals surface area (Å²) in [4.78, 5) is 17.7. The predicted molar refractivity (Wildman–Crippen MR) is 98.1 cm³/mol. The lowest BCUT2D eigenvalue weighted by Crippen LogP contribution is -2.49. The Hall–Kier alpha value is -2.45. The number of nitrogens with zero attached hydrogens (tertiary/aromatic N) is 3. The van der Waals surface area contributed by atoms with Crippen LogP contribution in [0.2, 0.25) is 0 Å². The first-order chi connectivity index (χ1) is 12.3. The Morgan fingerprint density at radius 1 is 1.12 bits per heavy atom. The molecule has 0 amide bonds. The molecular weight excluding hydrogens is 354 g/mol. The van der Waals surface area contributed by atoms with Gasteiger partial charge in [-0.25, -0.2) is 18.2 Å². The molecule has 2 aromatic rings. The van der Waals surface area contributed by atoms with E-state index in [4.69, 9.17) is 0 Å². The summed E-state index contributed by atoms with van der Waals surface area (Å²) in [6, 6.07) is 8.47. The smallest absolute Gasteiger partial charge is 0.339 e. The average molecular weight is 375 g/mol. The Balaban J connectivity index is 1.81. The monoisotopic (exact) mass is 375 g/mol. The van der Waals surface area contributed by atoms with Crippen molar-refractivity contribution in [2.75, 3.05) is 31.1 Å². The Morgan fingerprint density at radius 2 is 1.81 bits per heavy atom. The van der Waals surface area contributed by atoms with E-state index in [-0.39, 0.29) is 18.7 Å². The fourth-order valence-corrected chi connectivity index (χ4v) is 4.81. The second-order valence-electron chi connectivity index (χ2n) is 6.34. The van der Waals surface area contributed by atoms with E-state index >= 15 is 0 Å². The molecule has 138 valence electrons. The van der Waals surface area contributed by atoms with Crippen molar-refractivity contribution in [2.45, 2.75) is 18.7 Å². The van der Waals surface area contributed by atoms with Crippen molar-refractivity contribution in [3.05, 3.63) is 53.2 Å². The molecule has 0 bridgehead atoms. The third kappa shape index (κ3) is 3.42. The highest BCUT2D eigenvalue weighted by molar-refractivity contribution is 7.89. The van der Waals surface area contributed by atoms with Gasteiger partial charge in [0.25, 0.3) is 0 Å². The molecule has 3 rings (SSSR count). The van der Waals surface area contributed by atoms with Crippen LogP contribution in [0.15, 0.2) is 41.4 Å². The van der Waals surface area contributed by atoms with Gasteiger partial charge >= 0.3 is 5.97 Å². The normalized spacial score (nSPS) is 15.8. The number of benzene rings is 1. The molecule has 1 saturated heterocycles. The molecule has 0 radical (unpaired) electrons. The number of sulfonamides is 1. The van der Waals surface area contributed by atoms with Crippen LogP contribution in [-0.2, 0) is 10.0 Å². The summed E-state index contributed by atoms with van der Waals surface area (Å²) in [6.45, 7) is 5.00. The minimum absolute atomic E-state index is 0.123. The van der Waals surface area contributed by atoms with Crippen molar-refractivity contribution in [3.63, 3.8) is 0 Å². The van der Waals surface area contributed by atoms with Crippen molar-refractivity contribution in [3.8, 4) is 0 Å². The van der Waals surface area contributed by atoms with E-state index in [1.54, 1.807) is 25.3 Å². The quantitative estimate of drug-likeness (QED) is 0.878. The minimum Gasteiger partial charge on any atom is -0.478 e. The lowest BCUT2D eigenvalue weighted by molar-refractivity contribution is 0.0697. The first-order valence-electron chi connectivity index (χ1n) is 8.31. The summed E-state index contributed by atoms with van der Waals surface area (Å²) in [6.07, 6.45) is 1.54. The van der Waals surface area contributed by atoms with E-state index in [1.165, 1.54) is 10.4 Å². The second-order valence-corrected chi connectivity index (χ2v) is 8.25. The zero-order valence-corrected chi connectivity index (χ0v) is 15.5. The standard InChI is InChI=1S/C18H21N3O4S/c1-13-5-6-14(2)16(12-13)26(24,25)21-10-8-20(9-11-21)17-15(18(22)23)4-3-7-19-17/h3-7,12H,8-11H2,1-2H3,(H,22,23). The maximum absolute atomic E-state index is 13.0. The van der Waals surface area contributed by atoms with Gasteiger partial charge in [-0.2, -0.15) is 4.31 Å². The van der Waals surface area contributed by atoms with Gasteiger partial charge in [-0.15, -0.1) is 0 Å². The van der Waals surface area contributed by atoms with Crippen LogP contribution in [0.25, 0.3) is 0 Å². The van der Waals surface area contributed by atoms with Gasteiger partial charge < -0.3 is 10.0 Å². The van der Waals surface area contributed by atoms with Crippen LogP contribution in [0.4, 0.5) is 5.82 Å². The zero-order chi connectivity index (χ0) is 18.9. The number of rotatable bonds is 4. The fraction of sp³-hybridized carbons (Fsp3) is 0.333. The molecule has 1 fully saturated rings. The SMILES string of the molecule is Cc1ccc(C)c(S(=O)(=O)N2CCN(c3ncccc3C(=O)O)CC2)c1. The molecule has 26 heavy (non-hydrogen) atoms. The number of pyridine rings is 1. The number of hydrogen-bond donors (Lipinski definition) is 1. The van der Waals surface area contributed by atoms with Gasteiger partial charge in [-0.1, -0.05) is 12.1 Å². The van der Waals surface area contributed by atoms with Crippen LogP contribution in [0, 0.1) is 13.8 Å². The second kappa shape index (κ2) is 7.05. The highest BCUT2D eigenvalue weighted by Gasteiger charge is 2.31. The molecule has 0 spiro atoms. The van der Waals surface area contributed by atoms with Crippen molar-refractivity contribution in [2.24, 2.45) is 0 Å². The topological polar surface area (TPSA) is 90.8 Å². The number of carbonyl (C=O) groups is 1. The average Bonchev–Trinajstić information content (AvgIpc) is 2.63. The van der Waals surface area contributed by atoms with Crippen molar-refractivity contribution >= 4 is 21.8 Å². The number of aromatic nitrogens is 1. The van der Waals surface area contributed by atoms with Crippen LogP contribution in [0.5, 0.6) is 0 Å². The predicted octanol–water partition coefficient (Wildman–Crippen LogP) is 1.91. The van der Waals surface area contributed by atoms with Crippen LogP contribution >= 0.6 is 0 Å². The van der Waals surface area contributed by atoms with Gasteiger partial charge in [0.05, 0.1) is 4.90 Å². The van der Waals surface area contributed by atoms with E-state index < -0.39 is 16.0 Å². The molecule has 7 nitrogen and oxygen atoms in total. The van der Waals surface area contributed by atoms with Crippen molar-refractivity contribution < 1.29 is 18.3 Å². The highest BCUT2D eigenvalue weighted by atomic mass is 32.2. The molecule has 2 heterocycles. The first-order valence-corrected chi connectivity index (χ1v) is 9.75. The van der Waals surface area contributed by atoms with Gasteiger partial charge in [0, 0.05) is 32.4 Å². The van der Waals surface area contributed by atoms with Gasteiger partial charge in [0.2, 0.25) is 10.0 Å². The highest BCUT2D eigenvalue weighted by Crippen LogP contribution is 2.24. The van der Waals surface area contributed by atoms with Crippen molar-refractivity contribution in [1.29, 1.82) is 0 Å². The first kappa shape index (κ1) is 18.3. The van der Waals surface area contributed by atoms with Gasteiger partial charge in [0.15, 0.2) is 0 Å².